The Morgan fingerprint density at radius 3 is 2.79 bits per heavy atom. The van der Waals surface area contributed by atoms with Crippen LogP contribution in [-0.2, 0) is 4.74 Å². The first kappa shape index (κ1) is 11.4. The average molecular weight is 213 g/mol. The van der Waals surface area contributed by atoms with Crippen molar-refractivity contribution in [1.29, 1.82) is 0 Å². The molecule has 0 bridgehead atoms. The van der Waals surface area contributed by atoms with Crippen LogP contribution in [0, 0.1) is 0 Å². The van der Waals surface area contributed by atoms with Crippen LogP contribution in [0.2, 0.25) is 0 Å². The molecule has 0 radical (unpaired) electrons. The summed E-state index contributed by atoms with van der Waals surface area (Å²) in [5.74, 6) is 0.800. The largest absolute Gasteiger partial charge is 0.376 e. The van der Waals surface area contributed by atoms with Crippen molar-refractivity contribution in [2.45, 2.75) is 18.2 Å². The van der Waals surface area contributed by atoms with Gasteiger partial charge in [-0.05, 0) is 13.0 Å². The van der Waals surface area contributed by atoms with Gasteiger partial charge in [0, 0.05) is 31.3 Å². The van der Waals surface area contributed by atoms with E-state index in [4.69, 9.17) is 10.5 Å². The molecule has 1 heterocycles. The molecule has 0 amide bonds. The van der Waals surface area contributed by atoms with Gasteiger partial charge in [-0.25, -0.2) is 9.97 Å². The molecule has 0 saturated heterocycles. The predicted octanol–water partition coefficient (Wildman–Crippen LogP) is 0.932. The molecule has 4 nitrogen and oxygen atoms in total. The summed E-state index contributed by atoms with van der Waals surface area (Å²) in [4.78, 5) is 8.20. The van der Waals surface area contributed by atoms with Gasteiger partial charge in [0.15, 0.2) is 5.16 Å². The highest BCUT2D eigenvalue weighted by Gasteiger charge is 2.07. The summed E-state index contributed by atoms with van der Waals surface area (Å²) in [5, 5.41) is 0.769. The smallest absolute Gasteiger partial charge is 0.187 e. The van der Waals surface area contributed by atoms with E-state index in [2.05, 4.69) is 9.97 Å². The molecule has 1 atom stereocenters. The molecular formula is C9H15N3OS. The predicted molar refractivity (Wildman–Crippen MR) is 57.2 cm³/mol. The van der Waals surface area contributed by atoms with Crippen LogP contribution in [-0.4, -0.2) is 35.0 Å². The summed E-state index contributed by atoms with van der Waals surface area (Å²) < 4.78 is 5.41. The van der Waals surface area contributed by atoms with Crippen molar-refractivity contribution in [1.82, 2.24) is 9.97 Å². The van der Waals surface area contributed by atoms with Gasteiger partial charge in [-0.1, -0.05) is 11.8 Å². The van der Waals surface area contributed by atoms with Crippen LogP contribution in [0.4, 0.5) is 0 Å². The van der Waals surface area contributed by atoms with Gasteiger partial charge in [-0.3, -0.25) is 0 Å². The highest BCUT2D eigenvalue weighted by molar-refractivity contribution is 7.99. The van der Waals surface area contributed by atoms with Crippen LogP contribution in [0.1, 0.15) is 6.92 Å². The first-order chi connectivity index (χ1) is 6.86. The number of nitrogens with two attached hydrogens (primary N) is 1. The number of nitrogens with zero attached hydrogens (tertiary/aromatic N) is 2. The molecule has 1 aromatic heterocycles. The third-order valence-electron chi connectivity index (χ3n) is 1.61. The maximum Gasteiger partial charge on any atom is 0.187 e. The summed E-state index contributed by atoms with van der Waals surface area (Å²) in [6.45, 7) is 3.19. The second kappa shape index (κ2) is 6.75. The lowest BCUT2D eigenvalue weighted by molar-refractivity contribution is 0.0858. The van der Waals surface area contributed by atoms with Crippen molar-refractivity contribution in [3.8, 4) is 0 Å². The zero-order valence-corrected chi connectivity index (χ0v) is 9.04. The second-order valence-corrected chi connectivity index (χ2v) is 3.64. The maximum atomic E-state index is 5.54. The minimum Gasteiger partial charge on any atom is -0.376 e. The van der Waals surface area contributed by atoms with Crippen molar-refractivity contribution in [3.63, 3.8) is 0 Å². The van der Waals surface area contributed by atoms with E-state index >= 15 is 0 Å². The quantitative estimate of drug-likeness (QED) is 0.562. The Morgan fingerprint density at radius 1 is 1.50 bits per heavy atom. The topological polar surface area (TPSA) is 61.0 Å². The van der Waals surface area contributed by atoms with E-state index in [9.17, 15) is 0 Å². The van der Waals surface area contributed by atoms with E-state index in [0.29, 0.717) is 13.2 Å². The van der Waals surface area contributed by atoms with Gasteiger partial charge >= 0.3 is 0 Å². The number of rotatable bonds is 6. The zero-order chi connectivity index (χ0) is 10.2. The molecule has 0 spiro atoms. The summed E-state index contributed by atoms with van der Waals surface area (Å²) in [6, 6.07) is 1.80. The highest BCUT2D eigenvalue weighted by atomic mass is 32.2. The van der Waals surface area contributed by atoms with Crippen LogP contribution in [0.5, 0.6) is 0 Å². The Hall–Kier alpha value is -0.650. The fraction of sp³-hybridized carbons (Fsp3) is 0.556. The molecule has 5 heteroatoms. The van der Waals surface area contributed by atoms with E-state index in [1.807, 2.05) is 6.92 Å². The monoisotopic (exact) mass is 213 g/mol. The van der Waals surface area contributed by atoms with Crippen LogP contribution >= 0.6 is 11.8 Å². The van der Waals surface area contributed by atoms with Crippen LogP contribution in [0.3, 0.4) is 0 Å². The minimum atomic E-state index is 0.0915. The van der Waals surface area contributed by atoms with E-state index in [1.54, 1.807) is 30.2 Å². The Kier molecular flexibility index (Phi) is 5.51. The number of thioether (sulfide) groups is 1. The molecule has 14 heavy (non-hydrogen) atoms. The Labute approximate surface area is 88.3 Å². The normalized spacial score (nSPS) is 12.7. The van der Waals surface area contributed by atoms with Crippen LogP contribution < -0.4 is 5.73 Å². The average Bonchev–Trinajstić information content (AvgIpc) is 2.25. The molecule has 1 rings (SSSR count). The SMILES string of the molecule is CCOC(CN)CSc1ncccn1. The van der Waals surface area contributed by atoms with Gasteiger partial charge in [-0.2, -0.15) is 0 Å². The van der Waals surface area contributed by atoms with Crippen molar-refractivity contribution in [2.24, 2.45) is 5.73 Å². The zero-order valence-electron chi connectivity index (χ0n) is 8.22. The van der Waals surface area contributed by atoms with Gasteiger partial charge in [0.25, 0.3) is 0 Å². The Balaban J connectivity index is 2.32. The van der Waals surface area contributed by atoms with Gasteiger partial charge in [-0.15, -0.1) is 0 Å². The van der Waals surface area contributed by atoms with E-state index in [0.717, 1.165) is 10.9 Å². The van der Waals surface area contributed by atoms with Crippen LogP contribution in [0.15, 0.2) is 23.6 Å². The summed E-state index contributed by atoms with van der Waals surface area (Å²) in [7, 11) is 0. The molecule has 78 valence electrons. The molecule has 1 unspecified atom stereocenters. The second-order valence-electron chi connectivity index (χ2n) is 2.66. The number of hydrogen-bond acceptors (Lipinski definition) is 5. The molecule has 0 aliphatic rings. The Bertz CT molecular complexity index is 245. The summed E-state index contributed by atoms with van der Waals surface area (Å²) in [6.07, 6.45) is 3.55. The minimum absolute atomic E-state index is 0.0915. The Morgan fingerprint density at radius 2 is 2.21 bits per heavy atom. The standard InChI is InChI=1S/C9H15N3OS/c1-2-13-8(6-10)7-14-9-11-4-3-5-12-9/h3-5,8H,2,6-7,10H2,1H3. The highest BCUT2D eigenvalue weighted by Crippen LogP contribution is 2.13. The van der Waals surface area contributed by atoms with Gasteiger partial charge in [0.05, 0.1) is 6.10 Å². The lowest BCUT2D eigenvalue weighted by Gasteiger charge is -2.13. The lowest BCUT2D eigenvalue weighted by Crippen LogP contribution is -2.26. The fourth-order valence-electron chi connectivity index (χ4n) is 0.947. The van der Waals surface area contributed by atoms with E-state index < -0.39 is 0 Å². The van der Waals surface area contributed by atoms with Crippen molar-refractivity contribution in [2.75, 3.05) is 18.9 Å². The molecule has 0 fully saturated rings. The summed E-state index contributed by atoms with van der Waals surface area (Å²) >= 11 is 1.57. The third kappa shape index (κ3) is 4.04. The molecule has 0 aliphatic heterocycles. The summed E-state index contributed by atoms with van der Waals surface area (Å²) in [5.41, 5.74) is 5.54. The van der Waals surface area contributed by atoms with Gasteiger partial charge < -0.3 is 10.5 Å². The van der Waals surface area contributed by atoms with Crippen molar-refractivity contribution >= 4 is 11.8 Å². The molecule has 1 aromatic rings. The van der Waals surface area contributed by atoms with Crippen molar-refractivity contribution in [3.05, 3.63) is 18.5 Å². The molecule has 2 N–H and O–H groups in total. The van der Waals surface area contributed by atoms with E-state index in [-0.39, 0.29) is 6.10 Å². The lowest BCUT2D eigenvalue weighted by atomic mass is 10.4. The number of hydrogen-bond donors (Lipinski definition) is 1. The fourth-order valence-corrected chi connectivity index (χ4v) is 1.79. The van der Waals surface area contributed by atoms with Gasteiger partial charge in [0.1, 0.15) is 0 Å². The first-order valence-corrected chi connectivity index (χ1v) is 5.56. The molecule has 0 aliphatic carbocycles. The molecule has 0 aromatic carbocycles. The third-order valence-corrected chi connectivity index (χ3v) is 2.61. The molecule has 0 saturated carbocycles. The van der Waals surface area contributed by atoms with E-state index in [1.165, 1.54) is 0 Å². The van der Waals surface area contributed by atoms with Crippen molar-refractivity contribution < 1.29 is 4.74 Å². The van der Waals surface area contributed by atoms with Gasteiger partial charge in [0.2, 0.25) is 0 Å². The maximum absolute atomic E-state index is 5.54. The number of ether oxygens (including phenoxy) is 1. The van der Waals surface area contributed by atoms with Crippen LogP contribution in [0.25, 0.3) is 0 Å². The molecular weight excluding hydrogens is 198 g/mol. The first-order valence-electron chi connectivity index (χ1n) is 4.58. The number of aromatic nitrogens is 2.